The summed E-state index contributed by atoms with van der Waals surface area (Å²) in [7, 11) is 2.93. The number of aromatic carboxylic acids is 1. The number of carboxylic acids is 1. The lowest BCUT2D eigenvalue weighted by molar-refractivity contribution is -0.255. The third-order valence-electron chi connectivity index (χ3n) is 3.04. The maximum atomic E-state index is 12.5. The molecule has 5 heteroatoms. The summed E-state index contributed by atoms with van der Waals surface area (Å²) in [5, 5.41) is 11.1. The second kappa shape index (κ2) is 6.09. The lowest BCUT2D eigenvalue weighted by atomic mass is 9.97. The minimum absolute atomic E-state index is 0.0565. The highest BCUT2D eigenvalue weighted by molar-refractivity contribution is 6.15. The Bertz CT molecular complexity index is 691. The first-order valence-corrected chi connectivity index (χ1v) is 6.15. The topological polar surface area (TPSA) is 75.7 Å². The Morgan fingerprint density at radius 1 is 0.905 bits per heavy atom. The molecule has 0 atom stereocenters. The third-order valence-corrected chi connectivity index (χ3v) is 3.04. The molecule has 0 aromatic heterocycles. The molecule has 0 saturated carbocycles. The van der Waals surface area contributed by atoms with E-state index >= 15 is 0 Å². The van der Waals surface area contributed by atoms with Crippen LogP contribution in [0.15, 0.2) is 42.5 Å². The number of carbonyl (C=O) groups is 2. The van der Waals surface area contributed by atoms with Crippen LogP contribution in [0, 0.1) is 0 Å². The summed E-state index contributed by atoms with van der Waals surface area (Å²) < 4.78 is 10.2. The molecule has 0 radical (unpaired) electrons. The van der Waals surface area contributed by atoms with E-state index in [4.69, 9.17) is 9.47 Å². The van der Waals surface area contributed by atoms with Gasteiger partial charge in [-0.25, -0.2) is 0 Å². The van der Waals surface area contributed by atoms with Crippen LogP contribution in [0.2, 0.25) is 0 Å². The van der Waals surface area contributed by atoms with Gasteiger partial charge in [0.05, 0.1) is 25.8 Å². The standard InChI is InChI=1S/C16H14O5/c1-20-10-7-8-13(14(9-10)21-2)15(17)11-5-3-4-6-12(11)16(18)19/h3-9H,1-2H3,(H,18,19)/p-1. The monoisotopic (exact) mass is 285 g/mol. The van der Waals surface area contributed by atoms with Crippen molar-refractivity contribution in [2.75, 3.05) is 14.2 Å². The van der Waals surface area contributed by atoms with Gasteiger partial charge in [0, 0.05) is 17.2 Å². The zero-order valence-electron chi connectivity index (χ0n) is 11.6. The van der Waals surface area contributed by atoms with Gasteiger partial charge in [-0.05, 0) is 12.1 Å². The first-order chi connectivity index (χ1) is 10.1. The molecule has 0 aliphatic carbocycles. The number of ether oxygens (including phenoxy) is 2. The molecule has 2 rings (SSSR count). The van der Waals surface area contributed by atoms with Crippen LogP contribution in [0.25, 0.3) is 0 Å². The SMILES string of the molecule is COc1ccc(C(=O)c2ccccc2C(=O)[O-])c(OC)c1. The van der Waals surface area contributed by atoms with Gasteiger partial charge in [0.2, 0.25) is 0 Å². The molecule has 2 aromatic rings. The molecule has 0 heterocycles. The maximum absolute atomic E-state index is 12.5. The summed E-state index contributed by atoms with van der Waals surface area (Å²) in [4.78, 5) is 23.6. The first kappa shape index (κ1) is 14.6. The number of hydrogen-bond acceptors (Lipinski definition) is 5. The Morgan fingerprint density at radius 3 is 2.14 bits per heavy atom. The molecular formula is C16H13O5-. The molecular weight excluding hydrogens is 272 g/mol. The quantitative estimate of drug-likeness (QED) is 0.774. The summed E-state index contributed by atoms with van der Waals surface area (Å²) in [6.07, 6.45) is 0. The number of hydrogen-bond donors (Lipinski definition) is 0. The van der Waals surface area contributed by atoms with Crippen molar-refractivity contribution in [2.45, 2.75) is 0 Å². The van der Waals surface area contributed by atoms with Gasteiger partial charge in [-0.15, -0.1) is 0 Å². The van der Waals surface area contributed by atoms with E-state index < -0.39 is 11.8 Å². The molecule has 0 aliphatic heterocycles. The van der Waals surface area contributed by atoms with Crippen LogP contribution in [0.5, 0.6) is 11.5 Å². The predicted molar refractivity (Wildman–Crippen MR) is 73.8 cm³/mol. The van der Waals surface area contributed by atoms with E-state index in [-0.39, 0.29) is 16.7 Å². The fourth-order valence-electron chi connectivity index (χ4n) is 1.99. The Hall–Kier alpha value is -2.82. The van der Waals surface area contributed by atoms with Gasteiger partial charge in [0.1, 0.15) is 11.5 Å². The third kappa shape index (κ3) is 2.86. The van der Waals surface area contributed by atoms with Crippen molar-refractivity contribution in [3.05, 3.63) is 59.2 Å². The van der Waals surface area contributed by atoms with Crippen molar-refractivity contribution in [3.63, 3.8) is 0 Å². The molecule has 5 nitrogen and oxygen atoms in total. The van der Waals surface area contributed by atoms with Crippen LogP contribution in [0.3, 0.4) is 0 Å². The smallest absolute Gasteiger partial charge is 0.197 e. The second-order valence-corrected chi connectivity index (χ2v) is 4.23. The van der Waals surface area contributed by atoms with Crippen LogP contribution in [0.1, 0.15) is 26.3 Å². The van der Waals surface area contributed by atoms with Crippen LogP contribution in [-0.4, -0.2) is 26.0 Å². The van der Waals surface area contributed by atoms with Crippen molar-refractivity contribution in [1.82, 2.24) is 0 Å². The first-order valence-electron chi connectivity index (χ1n) is 6.15. The average molecular weight is 285 g/mol. The van der Waals surface area contributed by atoms with E-state index in [9.17, 15) is 14.7 Å². The van der Waals surface area contributed by atoms with Crippen molar-refractivity contribution in [3.8, 4) is 11.5 Å². The van der Waals surface area contributed by atoms with Crippen molar-refractivity contribution in [2.24, 2.45) is 0 Å². The fourth-order valence-corrected chi connectivity index (χ4v) is 1.99. The molecule has 0 saturated heterocycles. The van der Waals surface area contributed by atoms with Gasteiger partial charge in [0.25, 0.3) is 0 Å². The lowest BCUT2D eigenvalue weighted by Gasteiger charge is -2.12. The highest BCUT2D eigenvalue weighted by Gasteiger charge is 2.18. The van der Waals surface area contributed by atoms with Gasteiger partial charge in [-0.3, -0.25) is 4.79 Å². The number of benzene rings is 2. The van der Waals surface area contributed by atoms with Gasteiger partial charge in [0.15, 0.2) is 5.78 Å². The highest BCUT2D eigenvalue weighted by Crippen LogP contribution is 2.27. The summed E-state index contributed by atoms with van der Waals surface area (Å²) in [6.45, 7) is 0. The summed E-state index contributed by atoms with van der Waals surface area (Å²) >= 11 is 0. The van der Waals surface area contributed by atoms with Crippen molar-refractivity contribution in [1.29, 1.82) is 0 Å². The van der Waals surface area contributed by atoms with Gasteiger partial charge < -0.3 is 19.4 Å². The van der Waals surface area contributed by atoms with Gasteiger partial charge in [-0.2, -0.15) is 0 Å². The highest BCUT2D eigenvalue weighted by atomic mass is 16.5. The predicted octanol–water partition coefficient (Wildman–Crippen LogP) is 1.30. The number of rotatable bonds is 5. The van der Waals surface area contributed by atoms with Crippen molar-refractivity contribution >= 4 is 11.8 Å². The van der Waals surface area contributed by atoms with Crippen LogP contribution >= 0.6 is 0 Å². The largest absolute Gasteiger partial charge is 0.545 e. The molecule has 0 spiro atoms. The van der Waals surface area contributed by atoms with Crippen molar-refractivity contribution < 1.29 is 24.2 Å². The molecule has 2 aromatic carbocycles. The fraction of sp³-hybridized carbons (Fsp3) is 0.125. The lowest BCUT2D eigenvalue weighted by Crippen LogP contribution is -2.25. The molecule has 0 aliphatic rings. The minimum atomic E-state index is -1.40. The molecule has 0 unspecified atom stereocenters. The molecule has 21 heavy (non-hydrogen) atoms. The zero-order valence-corrected chi connectivity index (χ0v) is 11.6. The van der Waals surface area contributed by atoms with E-state index in [1.54, 1.807) is 18.2 Å². The van der Waals surface area contributed by atoms with Gasteiger partial charge in [-0.1, -0.05) is 24.3 Å². The molecule has 0 fully saturated rings. The van der Waals surface area contributed by atoms with E-state index in [1.807, 2.05) is 0 Å². The summed E-state index contributed by atoms with van der Waals surface area (Å²) in [5.41, 5.74) is 0.160. The van der Waals surface area contributed by atoms with Crippen LogP contribution < -0.4 is 14.6 Å². The number of carbonyl (C=O) groups excluding carboxylic acids is 2. The summed E-state index contributed by atoms with van der Waals surface area (Å²) in [5.74, 6) is -0.996. The van der Waals surface area contributed by atoms with Crippen LogP contribution in [-0.2, 0) is 0 Å². The maximum Gasteiger partial charge on any atom is 0.197 e. The number of methoxy groups -OCH3 is 2. The molecule has 108 valence electrons. The van der Waals surface area contributed by atoms with Gasteiger partial charge >= 0.3 is 0 Å². The van der Waals surface area contributed by atoms with E-state index in [1.165, 1.54) is 38.5 Å². The number of ketones is 1. The number of carboxylic acid groups (broad SMARTS) is 1. The van der Waals surface area contributed by atoms with Crippen LogP contribution in [0.4, 0.5) is 0 Å². The Balaban J connectivity index is 2.53. The molecule has 0 amide bonds. The Kier molecular flexibility index (Phi) is 4.23. The van der Waals surface area contributed by atoms with E-state index in [0.717, 1.165) is 0 Å². The Morgan fingerprint density at radius 2 is 1.57 bits per heavy atom. The molecule has 0 bridgehead atoms. The van der Waals surface area contributed by atoms with E-state index in [0.29, 0.717) is 11.5 Å². The summed E-state index contributed by atoms with van der Waals surface area (Å²) in [6, 6.07) is 10.6. The van der Waals surface area contributed by atoms with E-state index in [2.05, 4.69) is 0 Å². The second-order valence-electron chi connectivity index (χ2n) is 4.23. The average Bonchev–Trinajstić information content (AvgIpc) is 2.53. The zero-order chi connectivity index (χ0) is 15.4. The Labute approximate surface area is 121 Å². The normalized spacial score (nSPS) is 10.0. The molecule has 0 N–H and O–H groups in total. The minimum Gasteiger partial charge on any atom is -0.545 e.